The first-order valence-corrected chi connectivity index (χ1v) is 16.2. The molecule has 238 valence electrons. The first-order valence-electron chi connectivity index (χ1n) is 15.4. The highest BCUT2D eigenvalue weighted by atomic mass is 32.1. The Morgan fingerprint density at radius 3 is 2.02 bits per heavy atom. The van der Waals surface area contributed by atoms with E-state index >= 15 is 0 Å². The second kappa shape index (κ2) is 14.1. The van der Waals surface area contributed by atoms with Crippen LogP contribution in [0.25, 0.3) is 10.9 Å². The van der Waals surface area contributed by atoms with Gasteiger partial charge in [-0.3, -0.25) is 30.5 Å². The number of fused-ring (bicyclic) bond motifs is 2. The summed E-state index contributed by atoms with van der Waals surface area (Å²) < 4.78 is 2.15. The van der Waals surface area contributed by atoms with Crippen molar-refractivity contribution in [2.75, 3.05) is 25.5 Å². The fourth-order valence-corrected chi connectivity index (χ4v) is 6.55. The van der Waals surface area contributed by atoms with Crippen molar-refractivity contribution < 1.29 is 9.59 Å². The van der Waals surface area contributed by atoms with Gasteiger partial charge in [0.1, 0.15) is 16.4 Å². The first kappa shape index (κ1) is 31.9. The van der Waals surface area contributed by atoms with E-state index in [4.69, 9.17) is 24.4 Å². The lowest BCUT2D eigenvalue weighted by molar-refractivity contribution is -0.132. The van der Waals surface area contributed by atoms with Gasteiger partial charge in [-0.15, -0.1) is 0 Å². The van der Waals surface area contributed by atoms with Gasteiger partial charge in [-0.05, 0) is 28.8 Å². The van der Waals surface area contributed by atoms with E-state index in [9.17, 15) is 9.59 Å². The van der Waals surface area contributed by atoms with Crippen LogP contribution in [0, 0.1) is 0 Å². The second-order valence-corrected chi connectivity index (χ2v) is 12.5. The molecule has 0 saturated carbocycles. The van der Waals surface area contributed by atoms with E-state index in [0.29, 0.717) is 23.1 Å². The van der Waals surface area contributed by atoms with E-state index < -0.39 is 18.2 Å². The Balaban J connectivity index is 1.05. The monoisotopic (exact) mass is 660 g/mol. The number of amides is 2. The summed E-state index contributed by atoms with van der Waals surface area (Å²) >= 11 is 11.7. The van der Waals surface area contributed by atoms with Crippen molar-refractivity contribution in [3.05, 3.63) is 138 Å². The first-order chi connectivity index (χ1) is 22.8. The van der Waals surface area contributed by atoms with E-state index in [-0.39, 0.29) is 5.92 Å². The van der Waals surface area contributed by atoms with Gasteiger partial charge in [0.2, 0.25) is 11.8 Å². The molecule has 0 fully saturated rings. The lowest BCUT2D eigenvalue weighted by Crippen LogP contribution is -2.48. The molecular weight excluding hydrogens is 625 g/mol. The summed E-state index contributed by atoms with van der Waals surface area (Å²) in [5.41, 5.74) is 12.0. The molecule has 1 unspecified atom stereocenters. The molecule has 2 heterocycles. The predicted molar refractivity (Wildman–Crippen MR) is 195 cm³/mol. The molecule has 47 heavy (non-hydrogen) atoms. The number of thiocarbonyl (C=S) groups is 2. The molecule has 0 aliphatic carbocycles. The van der Waals surface area contributed by atoms with Gasteiger partial charge in [0, 0.05) is 62.1 Å². The van der Waals surface area contributed by atoms with Gasteiger partial charge in [0.05, 0.1) is 5.92 Å². The molecule has 5 aromatic rings. The van der Waals surface area contributed by atoms with Gasteiger partial charge in [0.15, 0.2) is 0 Å². The van der Waals surface area contributed by atoms with Gasteiger partial charge in [-0.2, -0.15) is 0 Å². The van der Waals surface area contributed by atoms with E-state index in [1.807, 2.05) is 72.9 Å². The number of nitrogens with one attached hydrogen (secondary N) is 2. The van der Waals surface area contributed by atoms with Crippen LogP contribution in [0.2, 0.25) is 0 Å². The average Bonchev–Trinajstić information content (AvgIpc) is 3.63. The van der Waals surface area contributed by atoms with Crippen molar-refractivity contribution in [1.82, 2.24) is 25.4 Å². The van der Waals surface area contributed by atoms with Crippen LogP contribution in [0.1, 0.15) is 34.6 Å². The molecule has 4 aromatic carbocycles. The Morgan fingerprint density at radius 2 is 1.32 bits per heavy atom. The molecule has 0 bridgehead atoms. The number of rotatable bonds is 8. The van der Waals surface area contributed by atoms with E-state index in [2.05, 4.69) is 62.8 Å². The van der Waals surface area contributed by atoms with Gasteiger partial charge in [-0.1, -0.05) is 121 Å². The van der Waals surface area contributed by atoms with Crippen molar-refractivity contribution in [2.45, 2.75) is 25.4 Å². The topological polar surface area (TPSA) is 72.8 Å². The Kier molecular flexibility index (Phi) is 9.60. The number of likely N-dealkylation sites (N-methyl/N-ethyl adjacent to an activating group) is 1. The van der Waals surface area contributed by atoms with Crippen LogP contribution in [0.3, 0.4) is 0 Å². The summed E-state index contributed by atoms with van der Waals surface area (Å²) in [4.78, 5) is 29.3. The number of hydrazine groups is 2. The molecule has 6 rings (SSSR count). The minimum atomic E-state index is -0.486. The van der Waals surface area contributed by atoms with Crippen LogP contribution in [-0.2, 0) is 22.7 Å². The Bertz CT molecular complexity index is 1930. The molecule has 2 amide bonds. The molecule has 1 aromatic heterocycles. The third kappa shape index (κ3) is 7.19. The minimum absolute atomic E-state index is 0.0865. The number of carbonyl (C=O) groups excluding carboxylic acids is 2. The summed E-state index contributed by atoms with van der Waals surface area (Å²) in [5, 5.41) is 4.03. The van der Waals surface area contributed by atoms with Gasteiger partial charge in [-0.25, -0.2) is 0 Å². The Morgan fingerprint density at radius 1 is 0.745 bits per heavy atom. The fraction of sp³-hybridized carbons (Fsp3) is 0.189. The van der Waals surface area contributed by atoms with Crippen LogP contribution in [0.5, 0.6) is 0 Å². The number of para-hydroxylation sites is 2. The average molecular weight is 661 g/mol. The van der Waals surface area contributed by atoms with Gasteiger partial charge >= 0.3 is 0 Å². The van der Waals surface area contributed by atoms with Crippen LogP contribution >= 0.6 is 24.4 Å². The number of anilines is 1. The van der Waals surface area contributed by atoms with Crippen LogP contribution in [-0.4, -0.2) is 57.0 Å². The molecule has 0 saturated heterocycles. The molecule has 2 N–H and O–H groups in total. The Hall–Kier alpha value is -5.06. The number of carbonyl (C=O) groups is 2. The number of hydrogen-bond donors (Lipinski definition) is 2. The largest absolute Gasteiger partial charge is 0.366 e. The lowest BCUT2D eigenvalue weighted by atomic mass is 10.0. The zero-order chi connectivity index (χ0) is 32.9. The van der Waals surface area contributed by atoms with E-state index in [0.717, 1.165) is 34.3 Å². The normalized spacial score (nSPS) is 13.6. The van der Waals surface area contributed by atoms with Crippen LogP contribution in [0.15, 0.2) is 115 Å². The zero-order valence-electron chi connectivity index (χ0n) is 26.3. The molecule has 1 atom stereocenters. The van der Waals surface area contributed by atoms with Gasteiger partial charge in [0.25, 0.3) is 0 Å². The minimum Gasteiger partial charge on any atom is -0.366 e. The molecule has 8 nitrogen and oxygen atoms in total. The highest BCUT2D eigenvalue weighted by Crippen LogP contribution is 2.38. The number of hydrogen-bond acceptors (Lipinski definition) is 5. The molecule has 0 spiro atoms. The second-order valence-electron chi connectivity index (χ2n) is 11.7. The van der Waals surface area contributed by atoms with Crippen molar-refractivity contribution in [3.8, 4) is 0 Å². The maximum Gasteiger partial charge on any atom is 0.248 e. The molecule has 1 aliphatic rings. The third-order valence-electron chi connectivity index (χ3n) is 8.33. The number of nitrogens with zero attached hydrogens (tertiary/aromatic N) is 4. The number of benzene rings is 4. The summed E-state index contributed by atoms with van der Waals surface area (Å²) in [5.74, 6) is -1.05. The van der Waals surface area contributed by atoms with Crippen molar-refractivity contribution >= 4 is 62.8 Å². The zero-order valence-corrected chi connectivity index (χ0v) is 27.9. The number of aromatic nitrogens is 1. The summed E-state index contributed by atoms with van der Waals surface area (Å²) in [6.45, 7) is 2.14. The maximum absolute atomic E-state index is 13.0. The fourth-order valence-electron chi connectivity index (χ4n) is 6.10. The van der Waals surface area contributed by atoms with E-state index in [1.165, 1.54) is 16.1 Å². The van der Waals surface area contributed by atoms with Crippen molar-refractivity contribution in [2.24, 2.45) is 0 Å². The lowest BCUT2D eigenvalue weighted by Gasteiger charge is -2.26. The predicted octanol–water partition coefficient (Wildman–Crippen LogP) is 5.81. The summed E-state index contributed by atoms with van der Waals surface area (Å²) in [6.07, 6.45) is 1.62. The van der Waals surface area contributed by atoms with E-state index in [1.54, 1.807) is 19.1 Å². The summed E-state index contributed by atoms with van der Waals surface area (Å²) in [7, 11) is 3.40. The van der Waals surface area contributed by atoms with Gasteiger partial charge < -0.3 is 9.47 Å². The SMILES string of the molecule is CN(NC(=O)CC(=O)NN(C)C(=S)C1CN(Cc2ccccc2)c2ccccc21)C(=S)c1cn(Cc2ccccc2)c2ccccc12. The maximum atomic E-state index is 13.0. The Labute approximate surface area is 285 Å². The highest BCUT2D eigenvalue weighted by Gasteiger charge is 2.33. The highest BCUT2D eigenvalue weighted by molar-refractivity contribution is 7.80. The van der Waals surface area contributed by atoms with Crippen molar-refractivity contribution in [3.63, 3.8) is 0 Å². The molecule has 0 radical (unpaired) electrons. The van der Waals surface area contributed by atoms with Crippen molar-refractivity contribution in [1.29, 1.82) is 0 Å². The smallest absolute Gasteiger partial charge is 0.248 e. The molecular formula is C37H36N6O2S2. The van der Waals surface area contributed by atoms with Crippen LogP contribution < -0.4 is 15.8 Å². The molecule has 1 aliphatic heterocycles. The quantitative estimate of drug-likeness (QED) is 0.124. The van der Waals surface area contributed by atoms with Crippen LogP contribution in [0.4, 0.5) is 5.69 Å². The molecule has 10 heteroatoms. The summed E-state index contributed by atoms with van der Waals surface area (Å²) in [6, 6.07) is 36.8. The standard InChI is InChI=1S/C37H36N6O2S2/c1-40(36(46)30-24-42(22-26-13-5-3-6-14-26)32-19-11-9-17-28(30)32)38-34(44)21-35(45)39-41(2)37(47)31-25-43(23-27-15-7-4-8-16-27)33-20-12-10-18-29(31)33/h3-20,24,31H,21-23,25H2,1-2H3,(H,38,44)(H,39,45). The third-order valence-corrected chi connectivity index (χ3v) is 9.38.